The van der Waals surface area contributed by atoms with Gasteiger partial charge in [-0.05, 0) is 40.1 Å². The second-order valence-electron chi connectivity index (χ2n) is 5.47. The number of hydrogen-bond donors (Lipinski definition) is 1. The van der Waals surface area contributed by atoms with Gasteiger partial charge in [-0.25, -0.2) is 4.79 Å². The molecule has 0 amide bonds. The fraction of sp³-hybridized carbons (Fsp3) is 0.0476. The van der Waals surface area contributed by atoms with Crippen molar-refractivity contribution in [3.05, 3.63) is 83.4 Å². The molecule has 0 bridgehead atoms. The highest BCUT2D eigenvalue weighted by atomic mass is 16.5. The highest BCUT2D eigenvalue weighted by Gasteiger charge is 2.06. The number of nitriles is 1. The molecule has 3 rings (SSSR count). The molecule has 0 saturated carbocycles. The van der Waals surface area contributed by atoms with Crippen molar-refractivity contribution < 1.29 is 14.6 Å². The minimum absolute atomic E-state index is 0.314. The van der Waals surface area contributed by atoms with E-state index in [0.717, 1.165) is 16.3 Å². The summed E-state index contributed by atoms with van der Waals surface area (Å²) in [5, 5.41) is 20.1. The van der Waals surface area contributed by atoms with Crippen LogP contribution in [0, 0.1) is 11.3 Å². The van der Waals surface area contributed by atoms with Crippen LogP contribution in [0.25, 0.3) is 16.8 Å². The first kappa shape index (κ1) is 16.3. The Morgan fingerprint density at radius 1 is 1.08 bits per heavy atom. The topological polar surface area (TPSA) is 70.3 Å². The molecule has 0 fully saturated rings. The summed E-state index contributed by atoms with van der Waals surface area (Å²) in [5.74, 6) is -0.631. The van der Waals surface area contributed by atoms with Gasteiger partial charge in [-0.1, -0.05) is 54.6 Å². The van der Waals surface area contributed by atoms with E-state index in [4.69, 9.17) is 15.1 Å². The Labute approximate surface area is 145 Å². The standard InChI is InChI=1S/C21H15NO3/c22-13-18(21(23)24)11-15-5-3-9-19(12-15)25-14-17-8-4-7-16-6-1-2-10-20(16)17/h1-12H,14H2,(H,23,24). The van der Waals surface area contributed by atoms with E-state index in [0.29, 0.717) is 17.9 Å². The summed E-state index contributed by atoms with van der Waals surface area (Å²) in [7, 11) is 0. The number of carboxylic acids is 1. The van der Waals surface area contributed by atoms with E-state index in [1.54, 1.807) is 30.3 Å². The number of ether oxygens (including phenoxy) is 1. The predicted octanol–water partition coefficient (Wildman–Crippen LogP) is 4.41. The van der Waals surface area contributed by atoms with Gasteiger partial charge < -0.3 is 9.84 Å². The van der Waals surface area contributed by atoms with E-state index < -0.39 is 5.97 Å². The van der Waals surface area contributed by atoms with Gasteiger partial charge in [0.1, 0.15) is 24.0 Å². The molecule has 25 heavy (non-hydrogen) atoms. The lowest BCUT2D eigenvalue weighted by atomic mass is 10.1. The van der Waals surface area contributed by atoms with Gasteiger partial charge in [-0.2, -0.15) is 5.26 Å². The number of aliphatic carboxylic acids is 1. The first-order chi connectivity index (χ1) is 12.2. The summed E-state index contributed by atoms with van der Waals surface area (Å²) >= 11 is 0. The Morgan fingerprint density at radius 3 is 2.64 bits per heavy atom. The van der Waals surface area contributed by atoms with Gasteiger partial charge >= 0.3 is 5.97 Å². The molecular formula is C21H15NO3. The third kappa shape index (κ3) is 3.85. The Morgan fingerprint density at radius 2 is 1.84 bits per heavy atom. The molecule has 0 aromatic heterocycles. The molecule has 122 valence electrons. The summed E-state index contributed by atoms with van der Waals surface area (Å²) < 4.78 is 5.86. The predicted molar refractivity (Wildman–Crippen MR) is 95.9 cm³/mol. The van der Waals surface area contributed by atoms with Gasteiger partial charge in [0.25, 0.3) is 0 Å². The Hall–Kier alpha value is -3.58. The fourth-order valence-corrected chi connectivity index (χ4v) is 2.58. The third-order valence-corrected chi connectivity index (χ3v) is 3.79. The lowest BCUT2D eigenvalue weighted by Crippen LogP contribution is -1.98. The average molecular weight is 329 g/mol. The van der Waals surface area contributed by atoms with Crippen molar-refractivity contribution in [2.45, 2.75) is 6.61 Å². The minimum atomic E-state index is -1.25. The van der Waals surface area contributed by atoms with Crippen LogP contribution < -0.4 is 4.74 Å². The van der Waals surface area contributed by atoms with Crippen molar-refractivity contribution in [1.29, 1.82) is 5.26 Å². The van der Waals surface area contributed by atoms with Gasteiger partial charge in [-0.15, -0.1) is 0 Å². The van der Waals surface area contributed by atoms with E-state index in [1.165, 1.54) is 6.08 Å². The maximum Gasteiger partial charge on any atom is 0.346 e. The van der Waals surface area contributed by atoms with Crippen LogP contribution in [0.3, 0.4) is 0 Å². The Balaban J connectivity index is 1.81. The van der Waals surface area contributed by atoms with E-state index in [-0.39, 0.29) is 5.57 Å². The smallest absolute Gasteiger partial charge is 0.346 e. The summed E-state index contributed by atoms with van der Waals surface area (Å²) in [4.78, 5) is 10.9. The minimum Gasteiger partial charge on any atom is -0.489 e. The molecule has 0 heterocycles. The molecule has 0 aliphatic carbocycles. The van der Waals surface area contributed by atoms with Crippen LogP contribution in [0.1, 0.15) is 11.1 Å². The van der Waals surface area contributed by atoms with Gasteiger partial charge in [-0.3, -0.25) is 0 Å². The van der Waals surface area contributed by atoms with Crippen LogP contribution >= 0.6 is 0 Å². The summed E-state index contributed by atoms with van der Waals surface area (Å²) in [5.41, 5.74) is 1.36. The van der Waals surface area contributed by atoms with Crippen LogP contribution in [0.2, 0.25) is 0 Å². The summed E-state index contributed by atoms with van der Waals surface area (Å²) in [6.45, 7) is 0.401. The van der Waals surface area contributed by atoms with Crippen LogP contribution in [0.5, 0.6) is 5.75 Å². The third-order valence-electron chi connectivity index (χ3n) is 3.79. The van der Waals surface area contributed by atoms with Crippen molar-refractivity contribution in [1.82, 2.24) is 0 Å². The van der Waals surface area contributed by atoms with Gasteiger partial charge in [0, 0.05) is 0 Å². The van der Waals surface area contributed by atoms with Crippen LogP contribution in [0.4, 0.5) is 0 Å². The monoisotopic (exact) mass is 329 g/mol. The second-order valence-corrected chi connectivity index (χ2v) is 5.47. The Bertz CT molecular complexity index is 994. The maximum absolute atomic E-state index is 10.9. The van der Waals surface area contributed by atoms with Gasteiger partial charge in [0.2, 0.25) is 0 Å². The molecule has 0 saturated heterocycles. The molecular weight excluding hydrogens is 314 g/mol. The molecule has 0 unspecified atom stereocenters. The molecule has 0 spiro atoms. The molecule has 1 N–H and O–H groups in total. The largest absolute Gasteiger partial charge is 0.489 e. The SMILES string of the molecule is N#CC(=Cc1cccc(OCc2cccc3ccccc23)c1)C(=O)O. The molecule has 4 heteroatoms. The van der Waals surface area contributed by atoms with E-state index in [9.17, 15) is 4.79 Å². The zero-order chi connectivity index (χ0) is 17.6. The van der Waals surface area contributed by atoms with Crippen molar-refractivity contribution >= 4 is 22.8 Å². The molecule has 0 radical (unpaired) electrons. The number of fused-ring (bicyclic) bond motifs is 1. The maximum atomic E-state index is 10.9. The number of hydrogen-bond acceptors (Lipinski definition) is 3. The van der Waals surface area contributed by atoms with Crippen LogP contribution in [-0.2, 0) is 11.4 Å². The van der Waals surface area contributed by atoms with Crippen molar-refractivity contribution in [3.63, 3.8) is 0 Å². The first-order valence-corrected chi connectivity index (χ1v) is 7.72. The van der Waals surface area contributed by atoms with Crippen molar-refractivity contribution in [2.24, 2.45) is 0 Å². The summed E-state index contributed by atoms with van der Waals surface area (Å²) in [6.07, 6.45) is 1.33. The number of carbonyl (C=O) groups is 1. The normalized spacial score (nSPS) is 11.1. The fourth-order valence-electron chi connectivity index (χ4n) is 2.58. The van der Waals surface area contributed by atoms with E-state index in [1.807, 2.05) is 24.3 Å². The number of benzene rings is 3. The molecule has 4 nitrogen and oxygen atoms in total. The summed E-state index contributed by atoms with van der Waals surface area (Å²) in [6, 6.07) is 22.8. The van der Waals surface area contributed by atoms with Crippen molar-refractivity contribution in [2.75, 3.05) is 0 Å². The van der Waals surface area contributed by atoms with Crippen LogP contribution in [0.15, 0.2) is 72.3 Å². The quantitative estimate of drug-likeness (QED) is 0.556. The number of carboxylic acid groups (broad SMARTS) is 1. The van der Waals surface area contributed by atoms with Gasteiger partial charge in [0.15, 0.2) is 0 Å². The van der Waals surface area contributed by atoms with E-state index in [2.05, 4.69) is 18.2 Å². The van der Waals surface area contributed by atoms with E-state index >= 15 is 0 Å². The van der Waals surface area contributed by atoms with Gasteiger partial charge in [0.05, 0.1) is 0 Å². The zero-order valence-electron chi connectivity index (χ0n) is 13.3. The Kier molecular flexibility index (Phi) is 4.77. The van der Waals surface area contributed by atoms with Crippen molar-refractivity contribution in [3.8, 4) is 11.8 Å². The number of nitrogens with zero attached hydrogens (tertiary/aromatic N) is 1. The molecule has 3 aromatic carbocycles. The lowest BCUT2D eigenvalue weighted by molar-refractivity contribution is -0.132. The highest BCUT2D eigenvalue weighted by molar-refractivity contribution is 5.96. The molecule has 0 atom stereocenters. The molecule has 3 aromatic rings. The zero-order valence-corrected chi connectivity index (χ0v) is 13.3. The first-order valence-electron chi connectivity index (χ1n) is 7.72. The average Bonchev–Trinajstić information content (AvgIpc) is 2.64. The molecule has 0 aliphatic rings. The lowest BCUT2D eigenvalue weighted by Gasteiger charge is -2.09. The number of rotatable bonds is 5. The molecule has 0 aliphatic heterocycles. The van der Waals surface area contributed by atoms with Crippen LogP contribution in [-0.4, -0.2) is 11.1 Å². The second kappa shape index (κ2) is 7.33. The highest BCUT2D eigenvalue weighted by Crippen LogP contribution is 2.22.